The van der Waals surface area contributed by atoms with Gasteiger partial charge < -0.3 is 4.74 Å². The van der Waals surface area contributed by atoms with E-state index in [0.29, 0.717) is 5.75 Å². The molecule has 1 aromatic heterocycles. The number of rotatable bonds is 4. The first-order valence-electron chi connectivity index (χ1n) is 4.75. The summed E-state index contributed by atoms with van der Waals surface area (Å²) in [6.45, 7) is 0. The van der Waals surface area contributed by atoms with Gasteiger partial charge in [0, 0.05) is 0 Å². The van der Waals surface area contributed by atoms with Gasteiger partial charge in [-0.15, -0.1) is 0 Å². The third-order valence-corrected chi connectivity index (χ3v) is 2.77. The minimum Gasteiger partial charge on any atom is -0.487 e. The molecule has 1 aliphatic carbocycles. The van der Waals surface area contributed by atoms with E-state index in [0.717, 1.165) is 19.1 Å². The Bertz CT molecular complexity index is 499. The van der Waals surface area contributed by atoms with Crippen LogP contribution in [0, 0.1) is 0 Å². The maximum atomic E-state index is 11.0. The van der Waals surface area contributed by atoms with Gasteiger partial charge in [-0.05, 0) is 25.0 Å². The lowest BCUT2D eigenvalue weighted by Gasteiger charge is -2.08. The molecule has 1 fully saturated rings. The predicted octanol–water partition coefficient (Wildman–Crippen LogP) is 1.65. The second kappa shape index (κ2) is 4.10. The van der Waals surface area contributed by atoms with Crippen LogP contribution in [-0.4, -0.2) is 25.8 Å². The van der Waals surface area contributed by atoms with Crippen molar-refractivity contribution in [1.82, 2.24) is 4.98 Å². The van der Waals surface area contributed by atoms with Gasteiger partial charge in [-0.1, -0.05) is 11.6 Å². The average molecular weight is 263 g/mol. The monoisotopic (exact) mass is 262 g/mol. The molecular weight excluding hydrogens is 252 g/mol. The predicted molar refractivity (Wildman–Crippen MR) is 61.4 cm³/mol. The summed E-state index contributed by atoms with van der Waals surface area (Å²) in [6.07, 6.45) is 3.34. The van der Waals surface area contributed by atoms with E-state index in [9.17, 15) is 8.42 Å². The maximum absolute atomic E-state index is 11.0. The number of hydrogen-bond donors (Lipinski definition) is 1. The molecule has 1 aliphatic rings. The van der Waals surface area contributed by atoms with Crippen molar-refractivity contribution in [3.8, 4) is 5.75 Å². The van der Waals surface area contributed by atoms with E-state index in [-0.39, 0.29) is 17.1 Å². The zero-order chi connectivity index (χ0) is 11.8. The third kappa shape index (κ3) is 3.24. The molecule has 16 heavy (non-hydrogen) atoms. The van der Waals surface area contributed by atoms with Gasteiger partial charge >= 0.3 is 0 Å². The summed E-state index contributed by atoms with van der Waals surface area (Å²) >= 11 is 5.86. The lowest BCUT2D eigenvalue weighted by Crippen LogP contribution is -2.11. The van der Waals surface area contributed by atoms with Crippen molar-refractivity contribution in [2.24, 2.45) is 0 Å². The fourth-order valence-electron chi connectivity index (χ4n) is 1.12. The molecule has 7 heteroatoms. The number of pyridine rings is 1. The molecule has 0 spiro atoms. The van der Waals surface area contributed by atoms with Crippen LogP contribution < -0.4 is 9.46 Å². The second-order valence-corrected chi connectivity index (χ2v) is 5.78. The number of ether oxygens (including phenoxy) is 1. The molecule has 0 atom stereocenters. The normalized spacial score (nSPS) is 15.9. The highest BCUT2D eigenvalue weighted by Gasteiger charge is 2.24. The second-order valence-electron chi connectivity index (χ2n) is 3.68. The van der Waals surface area contributed by atoms with Crippen molar-refractivity contribution in [2.45, 2.75) is 18.9 Å². The number of halogens is 1. The highest BCUT2D eigenvalue weighted by Crippen LogP contribution is 2.31. The standard InChI is InChI=1S/C9H11ClN2O3S/c1-16(13,14)12-8-5-4-7(9(10)11-8)15-6-2-3-6/h4-6H,2-3H2,1H3,(H,11,12). The summed E-state index contributed by atoms with van der Waals surface area (Å²) in [5.41, 5.74) is 0. The SMILES string of the molecule is CS(=O)(=O)Nc1ccc(OC2CC2)c(Cl)n1. The van der Waals surface area contributed by atoms with E-state index < -0.39 is 10.0 Å². The molecule has 0 aromatic carbocycles. The summed E-state index contributed by atoms with van der Waals surface area (Å²) in [6, 6.07) is 3.13. The van der Waals surface area contributed by atoms with Crippen LogP contribution in [-0.2, 0) is 10.0 Å². The van der Waals surface area contributed by atoms with E-state index in [1.165, 1.54) is 6.07 Å². The summed E-state index contributed by atoms with van der Waals surface area (Å²) in [7, 11) is -3.33. The molecular formula is C9H11ClN2O3S. The molecule has 88 valence electrons. The zero-order valence-electron chi connectivity index (χ0n) is 8.60. The Morgan fingerprint density at radius 2 is 2.19 bits per heavy atom. The molecule has 0 aliphatic heterocycles. The van der Waals surface area contributed by atoms with E-state index in [4.69, 9.17) is 16.3 Å². The molecule has 0 saturated heterocycles. The lowest BCUT2D eigenvalue weighted by atomic mass is 10.4. The molecule has 1 aromatic rings. The average Bonchev–Trinajstić information content (AvgIpc) is 2.90. The molecule has 0 amide bonds. The molecule has 0 bridgehead atoms. The molecule has 5 nitrogen and oxygen atoms in total. The van der Waals surface area contributed by atoms with E-state index in [2.05, 4.69) is 9.71 Å². The Hall–Kier alpha value is -1.01. The van der Waals surface area contributed by atoms with Gasteiger partial charge in [0.2, 0.25) is 10.0 Å². The molecule has 1 heterocycles. The molecule has 0 unspecified atom stereocenters. The Kier molecular flexibility index (Phi) is 2.94. The molecule has 0 radical (unpaired) electrons. The third-order valence-electron chi connectivity index (χ3n) is 1.92. The topological polar surface area (TPSA) is 68.3 Å². The molecule has 1 saturated carbocycles. The van der Waals surface area contributed by atoms with Crippen LogP contribution in [0.1, 0.15) is 12.8 Å². The summed E-state index contributed by atoms with van der Waals surface area (Å²) < 4.78 is 29.6. The first-order valence-corrected chi connectivity index (χ1v) is 7.02. The van der Waals surface area contributed by atoms with Gasteiger partial charge in [0.1, 0.15) is 5.82 Å². The van der Waals surface area contributed by atoms with Crippen LogP contribution in [0.15, 0.2) is 12.1 Å². The molecule has 1 N–H and O–H groups in total. The Morgan fingerprint density at radius 3 is 2.69 bits per heavy atom. The van der Waals surface area contributed by atoms with E-state index >= 15 is 0 Å². The van der Waals surface area contributed by atoms with E-state index in [1.54, 1.807) is 6.07 Å². The van der Waals surface area contributed by atoms with Crippen molar-refractivity contribution >= 4 is 27.4 Å². The van der Waals surface area contributed by atoms with Crippen LogP contribution in [0.2, 0.25) is 5.15 Å². The largest absolute Gasteiger partial charge is 0.487 e. The van der Waals surface area contributed by atoms with Crippen molar-refractivity contribution in [1.29, 1.82) is 0 Å². The van der Waals surface area contributed by atoms with Crippen molar-refractivity contribution in [3.63, 3.8) is 0 Å². The Balaban J connectivity index is 2.14. The Morgan fingerprint density at radius 1 is 1.50 bits per heavy atom. The highest BCUT2D eigenvalue weighted by atomic mass is 35.5. The van der Waals surface area contributed by atoms with E-state index in [1.807, 2.05) is 0 Å². The number of sulfonamides is 1. The maximum Gasteiger partial charge on any atom is 0.230 e. The molecule has 2 rings (SSSR count). The van der Waals surface area contributed by atoms with Crippen LogP contribution in [0.4, 0.5) is 5.82 Å². The minimum absolute atomic E-state index is 0.167. The van der Waals surface area contributed by atoms with Crippen LogP contribution in [0.5, 0.6) is 5.75 Å². The zero-order valence-corrected chi connectivity index (χ0v) is 10.2. The van der Waals surface area contributed by atoms with Crippen molar-refractivity contribution in [3.05, 3.63) is 17.3 Å². The van der Waals surface area contributed by atoms with Gasteiger partial charge in [0.05, 0.1) is 12.4 Å². The highest BCUT2D eigenvalue weighted by molar-refractivity contribution is 7.92. The summed E-state index contributed by atoms with van der Waals surface area (Å²) in [5.74, 6) is 0.680. The first-order chi connectivity index (χ1) is 7.44. The van der Waals surface area contributed by atoms with Gasteiger partial charge in [-0.2, -0.15) is 0 Å². The quantitative estimate of drug-likeness (QED) is 0.838. The van der Waals surface area contributed by atoms with Crippen molar-refractivity contribution < 1.29 is 13.2 Å². The van der Waals surface area contributed by atoms with Gasteiger partial charge in [0.15, 0.2) is 10.9 Å². The number of anilines is 1. The Labute approximate surface area is 98.8 Å². The number of aromatic nitrogens is 1. The van der Waals surface area contributed by atoms with Gasteiger partial charge in [0.25, 0.3) is 0 Å². The number of nitrogens with one attached hydrogen (secondary N) is 1. The number of nitrogens with zero attached hydrogens (tertiary/aromatic N) is 1. The fraction of sp³-hybridized carbons (Fsp3) is 0.444. The number of hydrogen-bond acceptors (Lipinski definition) is 4. The summed E-state index contributed by atoms with van der Waals surface area (Å²) in [5, 5.41) is 0.167. The lowest BCUT2D eigenvalue weighted by molar-refractivity contribution is 0.302. The van der Waals surface area contributed by atoms with Crippen LogP contribution in [0.25, 0.3) is 0 Å². The van der Waals surface area contributed by atoms with Gasteiger partial charge in [-0.25, -0.2) is 13.4 Å². The smallest absolute Gasteiger partial charge is 0.230 e. The summed E-state index contributed by atoms with van der Waals surface area (Å²) in [4.78, 5) is 3.89. The van der Waals surface area contributed by atoms with Crippen LogP contribution >= 0.6 is 11.6 Å². The first kappa shape index (κ1) is 11.5. The van der Waals surface area contributed by atoms with Crippen LogP contribution in [0.3, 0.4) is 0 Å². The fourth-order valence-corrected chi connectivity index (χ4v) is 1.81. The minimum atomic E-state index is -3.33. The van der Waals surface area contributed by atoms with Crippen molar-refractivity contribution in [2.75, 3.05) is 11.0 Å². The van der Waals surface area contributed by atoms with Gasteiger partial charge in [-0.3, -0.25) is 4.72 Å².